The molecule has 0 radical (unpaired) electrons. The number of aromatic nitrogens is 3. The summed E-state index contributed by atoms with van der Waals surface area (Å²) in [5, 5.41) is 37.7. The first-order valence-electron chi connectivity index (χ1n) is 10.5. The van der Waals surface area contributed by atoms with Crippen LogP contribution in [-0.2, 0) is 32.0 Å². The summed E-state index contributed by atoms with van der Waals surface area (Å²) in [5.74, 6) is -4.31. The van der Waals surface area contributed by atoms with Gasteiger partial charge >= 0.3 is 11.9 Å². The maximum Gasteiger partial charge on any atom is 0.326 e. The Balaban J connectivity index is 1.81. The first-order valence-corrected chi connectivity index (χ1v) is 10.5. The molecule has 1 aromatic heterocycles. The van der Waals surface area contributed by atoms with E-state index in [1.165, 1.54) is 0 Å². The number of aryl methyl sites for hydroxylation is 2. The van der Waals surface area contributed by atoms with Gasteiger partial charge in [-0.25, -0.2) is 14.5 Å². The molecule has 2 amide bonds. The highest BCUT2D eigenvalue weighted by atomic mass is 19.1. The third-order valence-corrected chi connectivity index (χ3v) is 4.80. The molecule has 0 aliphatic rings. The van der Waals surface area contributed by atoms with Gasteiger partial charge in [-0.1, -0.05) is 17.3 Å². The van der Waals surface area contributed by atoms with Crippen LogP contribution in [0.3, 0.4) is 0 Å². The van der Waals surface area contributed by atoms with Crippen LogP contribution < -0.4 is 5.32 Å². The Bertz CT molecular complexity index is 996. The molecular weight excluding hydrogens is 453 g/mol. The quantitative estimate of drug-likeness (QED) is 0.225. The van der Waals surface area contributed by atoms with Gasteiger partial charge in [-0.3, -0.25) is 24.0 Å². The normalized spacial score (nSPS) is 11.6. The standard InChI is InChI=1S/C21H26FN5O7/c22-11-1-2-15-12-26(25-24-15)16-6-3-14(4-7-16)5-9-19(29)27(34)13-18(28)23-17(21(32)33)8-10-20(30)31/h3-4,6-7,12,17,34H,1-2,5,8-11,13H2,(H,23,28)(H,30,31)(H,32,33). The number of hydrogen-bond acceptors (Lipinski definition) is 7. The van der Waals surface area contributed by atoms with Crippen LogP contribution in [0.4, 0.5) is 4.39 Å². The SMILES string of the molecule is O=C(O)CCC(NC(=O)CN(O)C(=O)CCc1ccc(-n2cc(CCCF)nn2)cc1)C(=O)O. The van der Waals surface area contributed by atoms with E-state index in [1.807, 2.05) is 0 Å². The number of hydrogen-bond donors (Lipinski definition) is 4. The second kappa shape index (κ2) is 13.0. The number of carboxylic acids is 2. The number of amides is 2. The van der Waals surface area contributed by atoms with Gasteiger partial charge in [-0.05, 0) is 43.4 Å². The van der Waals surface area contributed by atoms with E-state index >= 15 is 0 Å². The lowest BCUT2D eigenvalue weighted by atomic mass is 10.1. The predicted octanol–water partition coefficient (Wildman–Crippen LogP) is 0.754. The lowest BCUT2D eigenvalue weighted by Crippen LogP contribution is -2.46. The number of hydroxylamine groups is 2. The average molecular weight is 479 g/mol. The molecule has 2 aromatic rings. The molecule has 1 aromatic carbocycles. The van der Waals surface area contributed by atoms with Crippen LogP contribution in [0.25, 0.3) is 5.69 Å². The maximum atomic E-state index is 12.3. The molecule has 13 heteroatoms. The summed E-state index contributed by atoms with van der Waals surface area (Å²) in [4.78, 5) is 45.7. The molecule has 12 nitrogen and oxygen atoms in total. The van der Waals surface area contributed by atoms with E-state index in [4.69, 9.17) is 10.2 Å². The van der Waals surface area contributed by atoms with Crippen molar-refractivity contribution in [1.82, 2.24) is 25.4 Å². The molecule has 1 heterocycles. The first kappa shape index (κ1) is 26.4. The molecule has 4 N–H and O–H groups in total. The first-order chi connectivity index (χ1) is 16.2. The number of nitrogens with zero attached hydrogens (tertiary/aromatic N) is 4. The van der Waals surface area contributed by atoms with Crippen LogP contribution in [0.15, 0.2) is 30.5 Å². The van der Waals surface area contributed by atoms with E-state index in [-0.39, 0.29) is 24.3 Å². The smallest absolute Gasteiger partial charge is 0.326 e. The van der Waals surface area contributed by atoms with Gasteiger partial charge in [0.15, 0.2) is 0 Å². The Hall–Kier alpha value is -3.87. The second-order valence-electron chi connectivity index (χ2n) is 7.46. The zero-order valence-electron chi connectivity index (χ0n) is 18.3. The van der Waals surface area contributed by atoms with E-state index in [1.54, 1.807) is 35.1 Å². The van der Waals surface area contributed by atoms with Crippen LogP contribution in [0.1, 0.15) is 36.9 Å². The van der Waals surface area contributed by atoms with Crippen molar-refractivity contribution in [2.24, 2.45) is 0 Å². The minimum Gasteiger partial charge on any atom is -0.481 e. The Kier molecular flexibility index (Phi) is 10.1. The van der Waals surface area contributed by atoms with E-state index < -0.39 is 49.4 Å². The Morgan fingerprint density at radius 3 is 2.41 bits per heavy atom. The molecule has 34 heavy (non-hydrogen) atoms. The van der Waals surface area contributed by atoms with Crippen LogP contribution in [0.2, 0.25) is 0 Å². The fourth-order valence-corrected chi connectivity index (χ4v) is 2.97. The Morgan fingerprint density at radius 2 is 1.79 bits per heavy atom. The highest BCUT2D eigenvalue weighted by molar-refractivity contribution is 5.87. The van der Waals surface area contributed by atoms with Crippen LogP contribution in [-0.4, -0.2) is 78.5 Å². The molecule has 0 spiro atoms. The Labute approximate surface area is 193 Å². The summed E-state index contributed by atoms with van der Waals surface area (Å²) < 4.78 is 13.8. The highest BCUT2D eigenvalue weighted by Gasteiger charge is 2.23. The minimum atomic E-state index is -1.45. The fraction of sp³-hybridized carbons (Fsp3) is 0.429. The molecule has 1 unspecified atom stereocenters. The minimum absolute atomic E-state index is 0.110. The summed E-state index contributed by atoms with van der Waals surface area (Å²) in [5.41, 5.74) is 2.19. The van der Waals surface area contributed by atoms with Gasteiger partial charge < -0.3 is 15.5 Å². The number of carbonyl (C=O) groups excluding carboxylic acids is 2. The number of benzene rings is 1. The summed E-state index contributed by atoms with van der Waals surface area (Å²) >= 11 is 0. The van der Waals surface area contributed by atoms with Crippen molar-refractivity contribution in [1.29, 1.82) is 0 Å². The molecule has 2 rings (SSSR count). The van der Waals surface area contributed by atoms with Gasteiger partial charge in [0.05, 0.1) is 24.3 Å². The second-order valence-corrected chi connectivity index (χ2v) is 7.46. The maximum absolute atomic E-state index is 12.3. The van der Waals surface area contributed by atoms with Crippen molar-refractivity contribution in [2.75, 3.05) is 13.2 Å². The van der Waals surface area contributed by atoms with E-state index in [2.05, 4.69) is 15.6 Å². The summed E-state index contributed by atoms with van der Waals surface area (Å²) in [6.07, 6.45) is 1.94. The summed E-state index contributed by atoms with van der Waals surface area (Å²) in [6.45, 7) is -1.21. The molecule has 0 fully saturated rings. The molecule has 184 valence electrons. The van der Waals surface area contributed by atoms with E-state index in [9.17, 15) is 28.8 Å². The number of carbonyl (C=O) groups is 4. The molecule has 0 aliphatic carbocycles. The van der Waals surface area contributed by atoms with Crippen LogP contribution >= 0.6 is 0 Å². The van der Waals surface area contributed by atoms with Gasteiger partial charge in [-0.2, -0.15) is 0 Å². The zero-order chi connectivity index (χ0) is 25.1. The van der Waals surface area contributed by atoms with Gasteiger partial charge in [0.2, 0.25) is 11.8 Å². The van der Waals surface area contributed by atoms with Crippen molar-refractivity contribution in [3.05, 3.63) is 41.7 Å². The molecule has 0 bridgehead atoms. The van der Waals surface area contributed by atoms with Crippen molar-refractivity contribution in [3.63, 3.8) is 0 Å². The van der Waals surface area contributed by atoms with Crippen molar-refractivity contribution in [2.45, 2.75) is 44.6 Å². The Morgan fingerprint density at radius 1 is 1.09 bits per heavy atom. The topological polar surface area (TPSA) is 175 Å². The summed E-state index contributed by atoms with van der Waals surface area (Å²) in [7, 11) is 0. The third-order valence-electron chi connectivity index (χ3n) is 4.80. The van der Waals surface area contributed by atoms with E-state index in [0.717, 1.165) is 11.3 Å². The van der Waals surface area contributed by atoms with E-state index in [0.29, 0.717) is 18.5 Å². The number of carboxylic acid groups (broad SMARTS) is 2. The molecule has 0 aliphatic heterocycles. The lowest BCUT2D eigenvalue weighted by Gasteiger charge is -2.17. The zero-order valence-corrected chi connectivity index (χ0v) is 18.3. The third kappa shape index (κ3) is 8.58. The van der Waals surface area contributed by atoms with Crippen molar-refractivity contribution >= 4 is 23.8 Å². The van der Waals surface area contributed by atoms with Crippen molar-refractivity contribution < 1.29 is 39.0 Å². The predicted molar refractivity (Wildman–Crippen MR) is 114 cm³/mol. The molecular formula is C21H26FN5O7. The highest BCUT2D eigenvalue weighted by Crippen LogP contribution is 2.12. The lowest BCUT2D eigenvalue weighted by molar-refractivity contribution is -0.169. The molecule has 0 saturated heterocycles. The van der Waals surface area contributed by atoms with Gasteiger partial charge in [0.1, 0.15) is 12.6 Å². The van der Waals surface area contributed by atoms with Crippen LogP contribution in [0.5, 0.6) is 0 Å². The van der Waals surface area contributed by atoms with Gasteiger partial charge in [-0.15, -0.1) is 5.10 Å². The van der Waals surface area contributed by atoms with Gasteiger partial charge in [0, 0.05) is 12.8 Å². The number of nitrogens with one attached hydrogen (secondary N) is 1. The largest absolute Gasteiger partial charge is 0.481 e. The summed E-state index contributed by atoms with van der Waals surface area (Å²) in [6, 6.07) is 5.61. The number of halogens is 1. The number of rotatable bonds is 14. The van der Waals surface area contributed by atoms with Gasteiger partial charge in [0.25, 0.3) is 0 Å². The van der Waals surface area contributed by atoms with Crippen LogP contribution in [0, 0.1) is 0 Å². The number of aliphatic carboxylic acids is 2. The molecule has 0 saturated carbocycles. The van der Waals surface area contributed by atoms with Crippen molar-refractivity contribution in [3.8, 4) is 5.69 Å². The fourth-order valence-electron chi connectivity index (χ4n) is 2.97. The molecule has 1 atom stereocenters. The average Bonchev–Trinajstić information content (AvgIpc) is 3.27. The monoisotopic (exact) mass is 479 g/mol. The number of alkyl halides is 1.